The maximum Gasteiger partial charge on any atom is 0.161 e. The Balaban J connectivity index is 2.36. The van der Waals surface area contributed by atoms with Gasteiger partial charge in [-0.15, -0.1) is 0 Å². The minimum atomic E-state index is 0.671. The van der Waals surface area contributed by atoms with Crippen molar-refractivity contribution in [2.75, 3.05) is 18.5 Å². The second kappa shape index (κ2) is 6.37. The molecule has 0 aliphatic carbocycles. The van der Waals surface area contributed by atoms with Crippen LogP contribution in [0.4, 0.5) is 5.82 Å². The van der Waals surface area contributed by atoms with E-state index in [4.69, 9.17) is 4.74 Å². The predicted octanol–water partition coefficient (Wildman–Crippen LogP) is 3.59. The summed E-state index contributed by atoms with van der Waals surface area (Å²) in [4.78, 5) is 9.18. The van der Waals surface area contributed by atoms with E-state index in [1.54, 1.807) is 0 Å². The van der Waals surface area contributed by atoms with Crippen molar-refractivity contribution in [3.8, 4) is 17.1 Å². The summed E-state index contributed by atoms with van der Waals surface area (Å²) in [5, 5.41) is 3.28. The van der Waals surface area contributed by atoms with Crippen LogP contribution in [0.3, 0.4) is 0 Å². The van der Waals surface area contributed by atoms with Gasteiger partial charge in [-0.25, -0.2) is 9.97 Å². The van der Waals surface area contributed by atoms with E-state index in [1.165, 1.54) is 0 Å². The van der Waals surface area contributed by atoms with Crippen molar-refractivity contribution in [3.05, 3.63) is 35.5 Å². The van der Waals surface area contributed by atoms with Crippen molar-refractivity contribution < 1.29 is 4.74 Å². The van der Waals surface area contributed by atoms with Crippen LogP contribution in [-0.2, 0) is 0 Å². The van der Waals surface area contributed by atoms with Gasteiger partial charge >= 0.3 is 0 Å². The molecule has 0 amide bonds. The van der Waals surface area contributed by atoms with Crippen LogP contribution >= 0.6 is 0 Å². The van der Waals surface area contributed by atoms with Gasteiger partial charge in [-0.2, -0.15) is 0 Å². The molecule has 2 rings (SSSR count). The average molecular weight is 271 g/mol. The van der Waals surface area contributed by atoms with Crippen molar-refractivity contribution in [2.45, 2.75) is 27.7 Å². The first-order valence-corrected chi connectivity index (χ1v) is 6.98. The van der Waals surface area contributed by atoms with E-state index in [-0.39, 0.29) is 0 Å². The average Bonchev–Trinajstić information content (AvgIpc) is 2.45. The fourth-order valence-electron chi connectivity index (χ4n) is 1.96. The van der Waals surface area contributed by atoms with Crippen LogP contribution < -0.4 is 10.1 Å². The molecule has 0 fully saturated rings. The van der Waals surface area contributed by atoms with Gasteiger partial charge in [0.25, 0.3) is 0 Å². The molecule has 0 saturated carbocycles. The highest BCUT2D eigenvalue weighted by molar-refractivity contribution is 5.60. The lowest BCUT2D eigenvalue weighted by Crippen LogP contribution is -2.06. The molecule has 4 heteroatoms. The minimum Gasteiger partial charge on any atom is -0.494 e. The van der Waals surface area contributed by atoms with E-state index in [9.17, 15) is 0 Å². The smallest absolute Gasteiger partial charge is 0.161 e. The van der Waals surface area contributed by atoms with Gasteiger partial charge in [-0.3, -0.25) is 0 Å². The van der Waals surface area contributed by atoms with Crippen molar-refractivity contribution in [2.24, 2.45) is 0 Å². The first-order valence-electron chi connectivity index (χ1n) is 6.98. The van der Waals surface area contributed by atoms with E-state index in [1.807, 2.05) is 45.0 Å². The number of nitrogens with zero attached hydrogens (tertiary/aromatic N) is 2. The van der Waals surface area contributed by atoms with Gasteiger partial charge in [0.1, 0.15) is 11.6 Å². The lowest BCUT2D eigenvalue weighted by atomic mass is 10.1. The zero-order valence-electron chi connectivity index (χ0n) is 12.5. The molecule has 20 heavy (non-hydrogen) atoms. The molecular weight excluding hydrogens is 250 g/mol. The second-order valence-electron chi connectivity index (χ2n) is 4.59. The van der Waals surface area contributed by atoms with E-state index < -0.39 is 0 Å². The number of rotatable bonds is 5. The monoisotopic (exact) mass is 271 g/mol. The van der Waals surface area contributed by atoms with Gasteiger partial charge in [0, 0.05) is 23.4 Å². The second-order valence-corrected chi connectivity index (χ2v) is 4.59. The summed E-state index contributed by atoms with van der Waals surface area (Å²) < 4.78 is 5.45. The molecular formula is C16H21N3O. The number of anilines is 1. The molecule has 0 atom stereocenters. The van der Waals surface area contributed by atoms with Gasteiger partial charge in [-0.05, 0) is 52.0 Å². The lowest BCUT2D eigenvalue weighted by Gasteiger charge is -2.11. The van der Waals surface area contributed by atoms with Crippen molar-refractivity contribution in [1.29, 1.82) is 0 Å². The third kappa shape index (κ3) is 3.07. The molecule has 1 N–H and O–H groups in total. The normalized spacial score (nSPS) is 10.4. The lowest BCUT2D eigenvalue weighted by molar-refractivity contribution is 0.340. The Kier molecular flexibility index (Phi) is 4.56. The first kappa shape index (κ1) is 14.3. The highest BCUT2D eigenvalue weighted by atomic mass is 16.5. The Morgan fingerprint density at radius 1 is 1.05 bits per heavy atom. The molecule has 106 valence electrons. The van der Waals surface area contributed by atoms with Crippen LogP contribution in [-0.4, -0.2) is 23.1 Å². The number of benzene rings is 1. The maximum atomic E-state index is 5.45. The summed E-state index contributed by atoms with van der Waals surface area (Å²) in [6.07, 6.45) is 0. The standard InChI is InChI=1S/C16H21N3O/c1-5-17-15-11(3)12(4)18-16(19-15)13-7-9-14(10-8-13)20-6-2/h7-10H,5-6H2,1-4H3,(H,17,18,19). The van der Waals surface area contributed by atoms with E-state index in [0.717, 1.165) is 40.8 Å². The molecule has 1 aromatic heterocycles. The predicted molar refractivity (Wildman–Crippen MR) is 82.3 cm³/mol. The molecule has 0 saturated heterocycles. The van der Waals surface area contributed by atoms with Gasteiger partial charge < -0.3 is 10.1 Å². The number of ether oxygens (including phenoxy) is 1. The molecule has 4 nitrogen and oxygen atoms in total. The molecule has 0 radical (unpaired) electrons. The number of aryl methyl sites for hydroxylation is 1. The van der Waals surface area contributed by atoms with Crippen LogP contribution in [0, 0.1) is 13.8 Å². The number of nitrogens with one attached hydrogen (secondary N) is 1. The highest BCUT2D eigenvalue weighted by Gasteiger charge is 2.09. The summed E-state index contributed by atoms with van der Waals surface area (Å²) >= 11 is 0. The summed E-state index contributed by atoms with van der Waals surface area (Å²) in [7, 11) is 0. The molecule has 0 bridgehead atoms. The van der Waals surface area contributed by atoms with Gasteiger partial charge in [0.05, 0.1) is 6.61 Å². The van der Waals surface area contributed by atoms with E-state index in [0.29, 0.717) is 6.61 Å². The van der Waals surface area contributed by atoms with Crippen LogP contribution in [0.15, 0.2) is 24.3 Å². The van der Waals surface area contributed by atoms with Crippen LogP contribution in [0.25, 0.3) is 11.4 Å². The minimum absolute atomic E-state index is 0.671. The molecule has 0 aliphatic heterocycles. The first-order chi connectivity index (χ1) is 9.65. The Morgan fingerprint density at radius 3 is 2.35 bits per heavy atom. The summed E-state index contributed by atoms with van der Waals surface area (Å²) in [5.74, 6) is 2.52. The van der Waals surface area contributed by atoms with Gasteiger partial charge in [0.2, 0.25) is 0 Å². The fraction of sp³-hybridized carbons (Fsp3) is 0.375. The fourth-order valence-corrected chi connectivity index (χ4v) is 1.96. The number of hydrogen-bond donors (Lipinski definition) is 1. The molecule has 1 aromatic carbocycles. The summed E-state index contributed by atoms with van der Waals surface area (Å²) in [6.45, 7) is 9.60. The summed E-state index contributed by atoms with van der Waals surface area (Å²) in [6, 6.07) is 7.88. The topological polar surface area (TPSA) is 47.0 Å². The van der Waals surface area contributed by atoms with Gasteiger partial charge in [-0.1, -0.05) is 0 Å². The quantitative estimate of drug-likeness (QED) is 0.902. The van der Waals surface area contributed by atoms with Crippen LogP contribution in [0.2, 0.25) is 0 Å². The van der Waals surface area contributed by atoms with Crippen molar-refractivity contribution in [3.63, 3.8) is 0 Å². The third-order valence-electron chi connectivity index (χ3n) is 3.16. The number of hydrogen-bond acceptors (Lipinski definition) is 4. The molecule has 0 aliphatic rings. The van der Waals surface area contributed by atoms with E-state index in [2.05, 4.69) is 22.2 Å². The van der Waals surface area contributed by atoms with Crippen LogP contribution in [0.1, 0.15) is 25.1 Å². The third-order valence-corrected chi connectivity index (χ3v) is 3.16. The zero-order valence-corrected chi connectivity index (χ0v) is 12.5. The van der Waals surface area contributed by atoms with Crippen LogP contribution in [0.5, 0.6) is 5.75 Å². The van der Waals surface area contributed by atoms with Crippen molar-refractivity contribution >= 4 is 5.82 Å². The molecule has 0 unspecified atom stereocenters. The maximum absolute atomic E-state index is 5.45. The Hall–Kier alpha value is -2.10. The number of aromatic nitrogens is 2. The highest BCUT2D eigenvalue weighted by Crippen LogP contribution is 2.23. The molecule has 0 spiro atoms. The van der Waals surface area contributed by atoms with E-state index >= 15 is 0 Å². The summed E-state index contributed by atoms with van der Waals surface area (Å²) in [5.41, 5.74) is 3.09. The molecule has 1 heterocycles. The Morgan fingerprint density at radius 2 is 1.75 bits per heavy atom. The molecule has 2 aromatic rings. The Labute approximate surface area is 120 Å². The largest absolute Gasteiger partial charge is 0.494 e. The Bertz CT molecular complexity index is 579. The SMILES string of the molecule is CCNc1nc(-c2ccc(OCC)cc2)nc(C)c1C. The van der Waals surface area contributed by atoms with Crippen molar-refractivity contribution in [1.82, 2.24) is 9.97 Å². The zero-order chi connectivity index (χ0) is 14.5. The van der Waals surface area contributed by atoms with Gasteiger partial charge in [0.15, 0.2) is 5.82 Å².